The van der Waals surface area contributed by atoms with E-state index in [0.29, 0.717) is 12.1 Å². The number of halogens is 1. The van der Waals surface area contributed by atoms with Gasteiger partial charge in [-0.15, -0.1) is 0 Å². The number of nitrogens with one attached hydrogen (secondary N) is 1. The number of benzene rings is 1. The first-order valence-electron chi connectivity index (χ1n) is 9.91. The molecule has 5 nitrogen and oxygen atoms in total. The molecule has 1 unspecified atom stereocenters. The first-order chi connectivity index (χ1) is 14.0. The Labute approximate surface area is 169 Å². The van der Waals surface area contributed by atoms with E-state index in [1.807, 2.05) is 32.0 Å². The first kappa shape index (κ1) is 19.1. The molecular weight excluding hydrogens is 367 g/mol. The van der Waals surface area contributed by atoms with Crippen LogP contribution in [0.3, 0.4) is 0 Å². The molecule has 0 saturated heterocycles. The average Bonchev–Trinajstić information content (AvgIpc) is 3.02. The summed E-state index contributed by atoms with van der Waals surface area (Å²) in [4.78, 5) is 16.4. The molecule has 6 heteroatoms. The Hall–Kier alpha value is -3.20. The third-order valence-electron chi connectivity index (χ3n) is 5.58. The summed E-state index contributed by atoms with van der Waals surface area (Å²) >= 11 is 0. The lowest BCUT2D eigenvalue weighted by Crippen LogP contribution is -2.41. The van der Waals surface area contributed by atoms with Gasteiger partial charge in [0.05, 0.1) is 30.1 Å². The van der Waals surface area contributed by atoms with E-state index in [9.17, 15) is 14.4 Å². The maximum atomic E-state index is 13.2. The van der Waals surface area contributed by atoms with Crippen molar-refractivity contribution in [1.29, 1.82) is 5.26 Å². The molecule has 29 heavy (non-hydrogen) atoms. The van der Waals surface area contributed by atoms with Crippen LogP contribution in [-0.4, -0.2) is 21.5 Å². The first-order valence-corrected chi connectivity index (χ1v) is 9.91. The van der Waals surface area contributed by atoms with Crippen LogP contribution in [0.25, 0.3) is 10.9 Å². The standard InChI is InChI=1S/C23H23FN4O/c1-14(2)23(29)27-17-6-8-22-20(10-17)19-9-15(11-25)3-7-21(19)28(22)13-18-5-4-16(24)12-26-18/h3-5,7,9,12,14,17H,6,8,10,13H2,1-2H3,(H,27,29). The van der Waals surface area contributed by atoms with Crippen LogP contribution in [0.2, 0.25) is 0 Å². The molecule has 0 saturated carbocycles. The van der Waals surface area contributed by atoms with Crippen molar-refractivity contribution >= 4 is 16.8 Å². The van der Waals surface area contributed by atoms with Crippen LogP contribution >= 0.6 is 0 Å². The maximum Gasteiger partial charge on any atom is 0.222 e. The molecule has 0 bridgehead atoms. The summed E-state index contributed by atoms with van der Waals surface area (Å²) in [6.07, 6.45) is 3.67. The molecule has 2 aromatic heterocycles. The zero-order valence-corrected chi connectivity index (χ0v) is 16.6. The summed E-state index contributed by atoms with van der Waals surface area (Å²) in [5.41, 5.74) is 4.82. The van der Waals surface area contributed by atoms with Gasteiger partial charge in [-0.3, -0.25) is 9.78 Å². The van der Waals surface area contributed by atoms with Gasteiger partial charge in [-0.25, -0.2) is 4.39 Å². The van der Waals surface area contributed by atoms with Crippen LogP contribution in [0, 0.1) is 23.1 Å². The summed E-state index contributed by atoms with van der Waals surface area (Å²) in [6.45, 7) is 4.33. The third kappa shape index (κ3) is 3.73. The Balaban J connectivity index is 1.75. The van der Waals surface area contributed by atoms with Crippen molar-refractivity contribution in [3.63, 3.8) is 0 Å². The maximum absolute atomic E-state index is 13.2. The number of carbonyl (C=O) groups excluding carboxylic acids is 1. The van der Waals surface area contributed by atoms with Gasteiger partial charge in [0.1, 0.15) is 5.82 Å². The molecule has 0 radical (unpaired) electrons. The topological polar surface area (TPSA) is 70.7 Å². The van der Waals surface area contributed by atoms with Gasteiger partial charge < -0.3 is 9.88 Å². The lowest BCUT2D eigenvalue weighted by molar-refractivity contribution is -0.124. The minimum absolute atomic E-state index is 0.0486. The number of amides is 1. The van der Waals surface area contributed by atoms with Crippen molar-refractivity contribution in [2.75, 3.05) is 0 Å². The summed E-state index contributed by atoms with van der Waals surface area (Å²) in [7, 11) is 0. The SMILES string of the molecule is CC(C)C(=O)NC1CCc2c(c3cc(C#N)ccc3n2Cc2ccc(F)cn2)C1. The number of hydrogen-bond acceptors (Lipinski definition) is 3. The number of carbonyl (C=O) groups is 1. The van der Waals surface area contributed by atoms with Crippen molar-refractivity contribution in [3.05, 3.63) is 64.9 Å². The van der Waals surface area contributed by atoms with E-state index >= 15 is 0 Å². The molecule has 148 valence electrons. The Morgan fingerprint density at radius 2 is 2.21 bits per heavy atom. The van der Waals surface area contributed by atoms with E-state index in [4.69, 9.17) is 0 Å². The van der Waals surface area contributed by atoms with Crippen LogP contribution in [0.1, 0.15) is 42.8 Å². The predicted molar refractivity (Wildman–Crippen MR) is 109 cm³/mol. The number of pyridine rings is 1. The zero-order valence-electron chi connectivity index (χ0n) is 16.6. The molecule has 3 aromatic rings. The molecule has 1 aromatic carbocycles. The molecule has 0 aliphatic heterocycles. The predicted octanol–water partition coefficient (Wildman–Crippen LogP) is 3.72. The van der Waals surface area contributed by atoms with Gasteiger partial charge in [-0.05, 0) is 55.2 Å². The van der Waals surface area contributed by atoms with Crippen LogP contribution in [0.4, 0.5) is 4.39 Å². The zero-order chi connectivity index (χ0) is 20.5. The van der Waals surface area contributed by atoms with Crippen molar-refractivity contribution in [3.8, 4) is 6.07 Å². The van der Waals surface area contributed by atoms with E-state index < -0.39 is 0 Å². The average molecular weight is 390 g/mol. The van der Waals surface area contributed by atoms with Crippen LogP contribution < -0.4 is 5.32 Å². The number of fused-ring (bicyclic) bond motifs is 3. The second kappa shape index (κ2) is 7.67. The molecule has 2 heterocycles. The molecule has 0 spiro atoms. The Kier molecular flexibility index (Phi) is 5.06. The highest BCUT2D eigenvalue weighted by atomic mass is 19.1. The summed E-state index contributed by atoms with van der Waals surface area (Å²) in [5, 5.41) is 13.5. The van der Waals surface area contributed by atoms with E-state index in [1.165, 1.54) is 23.5 Å². The molecule has 1 amide bonds. The fourth-order valence-electron chi connectivity index (χ4n) is 4.05. The fraction of sp³-hybridized carbons (Fsp3) is 0.348. The summed E-state index contributed by atoms with van der Waals surface area (Å²) < 4.78 is 15.5. The van der Waals surface area contributed by atoms with Crippen LogP contribution in [-0.2, 0) is 24.2 Å². The van der Waals surface area contributed by atoms with Gasteiger partial charge in [0.25, 0.3) is 0 Å². The van der Waals surface area contributed by atoms with Gasteiger partial charge in [0.15, 0.2) is 0 Å². The number of hydrogen-bond donors (Lipinski definition) is 1. The Bertz CT molecular complexity index is 1110. The lowest BCUT2D eigenvalue weighted by Gasteiger charge is -2.26. The van der Waals surface area contributed by atoms with E-state index in [0.717, 1.165) is 35.9 Å². The van der Waals surface area contributed by atoms with Crippen LogP contribution in [0.15, 0.2) is 36.5 Å². The van der Waals surface area contributed by atoms with Crippen molar-refractivity contribution in [2.45, 2.75) is 45.7 Å². The van der Waals surface area contributed by atoms with Crippen molar-refractivity contribution in [2.24, 2.45) is 5.92 Å². The van der Waals surface area contributed by atoms with Crippen LogP contribution in [0.5, 0.6) is 0 Å². The minimum Gasteiger partial charge on any atom is -0.353 e. The highest BCUT2D eigenvalue weighted by Gasteiger charge is 2.27. The lowest BCUT2D eigenvalue weighted by atomic mass is 9.90. The largest absolute Gasteiger partial charge is 0.353 e. The highest BCUT2D eigenvalue weighted by molar-refractivity contribution is 5.87. The fourth-order valence-corrected chi connectivity index (χ4v) is 4.05. The highest BCUT2D eigenvalue weighted by Crippen LogP contribution is 2.33. The third-order valence-corrected chi connectivity index (χ3v) is 5.58. The van der Waals surface area contributed by atoms with Crippen molar-refractivity contribution < 1.29 is 9.18 Å². The molecule has 1 atom stereocenters. The normalized spacial score (nSPS) is 15.9. The summed E-state index contributed by atoms with van der Waals surface area (Å²) in [5.74, 6) is -0.335. The smallest absolute Gasteiger partial charge is 0.222 e. The van der Waals surface area contributed by atoms with Gasteiger partial charge >= 0.3 is 0 Å². The Morgan fingerprint density at radius 3 is 2.90 bits per heavy atom. The molecule has 0 fully saturated rings. The monoisotopic (exact) mass is 390 g/mol. The van der Waals surface area contributed by atoms with Gasteiger partial charge in [0, 0.05) is 28.6 Å². The van der Waals surface area contributed by atoms with E-state index in [1.54, 1.807) is 6.07 Å². The number of aromatic nitrogens is 2. The second-order valence-electron chi connectivity index (χ2n) is 7.93. The number of rotatable bonds is 4. The minimum atomic E-state index is -0.351. The number of nitrogens with zero attached hydrogens (tertiary/aromatic N) is 3. The second-order valence-corrected chi connectivity index (χ2v) is 7.93. The molecular formula is C23H23FN4O. The quantitative estimate of drug-likeness (QED) is 0.738. The summed E-state index contributed by atoms with van der Waals surface area (Å²) in [6, 6.07) is 11.1. The van der Waals surface area contributed by atoms with E-state index in [2.05, 4.69) is 20.9 Å². The molecule has 4 rings (SSSR count). The van der Waals surface area contributed by atoms with E-state index in [-0.39, 0.29) is 23.7 Å². The van der Waals surface area contributed by atoms with Gasteiger partial charge in [0.2, 0.25) is 5.91 Å². The Morgan fingerprint density at radius 1 is 1.38 bits per heavy atom. The molecule has 1 aliphatic carbocycles. The number of nitriles is 1. The van der Waals surface area contributed by atoms with Crippen molar-refractivity contribution in [1.82, 2.24) is 14.9 Å². The molecule has 1 aliphatic rings. The molecule has 1 N–H and O–H groups in total. The van der Waals surface area contributed by atoms with Gasteiger partial charge in [-0.1, -0.05) is 13.8 Å². The van der Waals surface area contributed by atoms with Gasteiger partial charge in [-0.2, -0.15) is 5.26 Å².